The van der Waals surface area contributed by atoms with Crippen molar-refractivity contribution in [1.29, 1.82) is 10.5 Å². The zero-order valence-corrected chi connectivity index (χ0v) is 22.4. The van der Waals surface area contributed by atoms with Gasteiger partial charge >= 0.3 is 0 Å². The molecule has 3 heterocycles. The minimum atomic E-state index is -1.67. The Morgan fingerprint density at radius 3 is 2.55 bits per heavy atom. The van der Waals surface area contributed by atoms with E-state index in [1.807, 2.05) is 35.3 Å². The molecule has 0 amide bonds. The Hall–Kier alpha value is -5.63. The second kappa shape index (κ2) is 11.5. The summed E-state index contributed by atoms with van der Waals surface area (Å²) in [6.45, 7) is 0. The van der Waals surface area contributed by atoms with Crippen molar-refractivity contribution in [2.75, 3.05) is 10.6 Å². The highest BCUT2D eigenvalue weighted by Crippen LogP contribution is 2.36. The maximum absolute atomic E-state index is 13.8. The molecule has 0 saturated heterocycles. The average molecular weight is 557 g/mol. The van der Waals surface area contributed by atoms with Gasteiger partial charge in [-0.2, -0.15) is 14.9 Å². The molecule has 4 N–H and O–H groups in total. The van der Waals surface area contributed by atoms with Crippen LogP contribution in [0.25, 0.3) is 10.9 Å². The van der Waals surface area contributed by atoms with E-state index in [9.17, 15) is 16.3 Å². The number of nitrogens with one attached hydrogen (secondary N) is 4. The summed E-state index contributed by atoms with van der Waals surface area (Å²) in [6.07, 6.45) is 12.6. The molecule has 0 radical (unpaired) electrons. The van der Waals surface area contributed by atoms with Crippen LogP contribution in [-0.4, -0.2) is 21.0 Å². The highest BCUT2D eigenvalue weighted by atomic mass is 19.1. The fraction of sp³-hybridized carbons (Fsp3) is 0.188. The molecule has 6 rings (SSSR count). The van der Waals surface area contributed by atoms with Crippen molar-refractivity contribution in [2.45, 2.75) is 37.4 Å². The summed E-state index contributed by atoms with van der Waals surface area (Å²) in [7, 11) is 0. The van der Waals surface area contributed by atoms with Crippen molar-refractivity contribution in [2.24, 2.45) is 0 Å². The number of benzene rings is 2. The van der Waals surface area contributed by atoms with Crippen LogP contribution in [-0.2, 0) is 0 Å². The third-order valence-electron chi connectivity index (χ3n) is 7.14. The molecule has 2 aliphatic rings. The molecule has 9 nitrogen and oxygen atoms in total. The summed E-state index contributed by atoms with van der Waals surface area (Å²) in [6, 6.07) is 18.4. The first-order chi connectivity index (χ1) is 20.9. The predicted octanol–water partition coefficient (Wildman–Crippen LogP) is 5.17. The lowest BCUT2D eigenvalue weighted by Gasteiger charge is -2.23. The molecule has 0 spiro atoms. The smallest absolute Gasteiger partial charge is 0.212 e. The van der Waals surface area contributed by atoms with Crippen LogP contribution in [0.4, 0.5) is 15.8 Å². The Morgan fingerprint density at radius 2 is 1.86 bits per heavy atom. The van der Waals surface area contributed by atoms with Gasteiger partial charge in [-0.05, 0) is 42.2 Å². The molecule has 1 aliphatic heterocycles. The van der Waals surface area contributed by atoms with Gasteiger partial charge in [0, 0.05) is 42.1 Å². The van der Waals surface area contributed by atoms with Crippen LogP contribution in [0.3, 0.4) is 0 Å². The first-order valence-corrected chi connectivity index (χ1v) is 13.4. The molecule has 2 atom stereocenters. The van der Waals surface area contributed by atoms with Crippen molar-refractivity contribution in [3.8, 4) is 24.5 Å². The van der Waals surface area contributed by atoms with Crippen LogP contribution in [0.15, 0.2) is 78.9 Å². The summed E-state index contributed by atoms with van der Waals surface area (Å²) in [5.41, 5.74) is 9.68. The lowest BCUT2D eigenvalue weighted by atomic mass is 10.00. The Kier molecular flexibility index (Phi) is 6.92. The molecule has 4 aromatic rings. The van der Waals surface area contributed by atoms with E-state index in [1.165, 1.54) is 24.5 Å². The predicted molar refractivity (Wildman–Crippen MR) is 157 cm³/mol. The van der Waals surface area contributed by atoms with E-state index >= 15 is 0 Å². The lowest BCUT2D eigenvalue weighted by molar-refractivity contribution is 0.260. The quantitative estimate of drug-likeness (QED) is 0.163. The Labute approximate surface area is 244 Å². The van der Waals surface area contributed by atoms with E-state index in [4.69, 9.17) is 6.42 Å². The molecule has 2 aromatic carbocycles. The number of nitriles is 2. The monoisotopic (exact) mass is 556 g/mol. The molecule has 1 saturated carbocycles. The van der Waals surface area contributed by atoms with Crippen LogP contribution in [0.1, 0.15) is 54.9 Å². The Morgan fingerprint density at radius 1 is 1.05 bits per heavy atom. The lowest BCUT2D eigenvalue weighted by Crippen LogP contribution is -2.38. The van der Waals surface area contributed by atoms with Crippen molar-refractivity contribution in [1.82, 2.24) is 25.9 Å². The SMILES string of the molecule is [2H][C@](Nc1cc(C#N)c2ncc(C#N)c(N[C@H](CC#C)c3ccccc3)c2c1)(C1=CN(C2CC2)NN1)c1ccc(F)nc1. The third kappa shape index (κ3) is 5.38. The van der Waals surface area contributed by atoms with E-state index in [-0.39, 0.29) is 17.2 Å². The Bertz CT molecular complexity index is 1840. The van der Waals surface area contributed by atoms with Crippen LogP contribution in [0.5, 0.6) is 0 Å². The van der Waals surface area contributed by atoms with Crippen molar-refractivity contribution in [3.05, 3.63) is 107 Å². The van der Waals surface area contributed by atoms with Crippen LogP contribution in [0.2, 0.25) is 0 Å². The summed E-state index contributed by atoms with van der Waals surface area (Å²) in [4.78, 5) is 8.22. The number of nitrogens with zero attached hydrogens (tertiary/aromatic N) is 5. The number of halogens is 1. The molecule has 0 unspecified atom stereocenters. The molecular weight excluding hydrogens is 529 g/mol. The van der Waals surface area contributed by atoms with E-state index in [1.54, 1.807) is 18.3 Å². The van der Waals surface area contributed by atoms with Crippen molar-refractivity contribution in [3.63, 3.8) is 0 Å². The number of hydrazine groups is 2. The second-order valence-electron chi connectivity index (χ2n) is 9.99. The van der Waals surface area contributed by atoms with Crippen molar-refractivity contribution >= 4 is 22.3 Å². The summed E-state index contributed by atoms with van der Waals surface area (Å²) < 4.78 is 23.4. The summed E-state index contributed by atoms with van der Waals surface area (Å²) in [5.74, 6) is 2.03. The van der Waals surface area contributed by atoms with E-state index in [0.717, 1.165) is 18.4 Å². The van der Waals surface area contributed by atoms with Crippen molar-refractivity contribution < 1.29 is 5.76 Å². The van der Waals surface area contributed by atoms with E-state index in [2.05, 4.69) is 49.6 Å². The normalized spacial score (nSPS) is 16.6. The number of hydrogen-bond acceptors (Lipinski definition) is 9. The second-order valence-corrected chi connectivity index (χ2v) is 9.99. The third-order valence-corrected chi connectivity index (χ3v) is 7.14. The first-order valence-electron chi connectivity index (χ1n) is 13.9. The van der Waals surface area contributed by atoms with Gasteiger partial charge in [0.25, 0.3) is 0 Å². The summed E-state index contributed by atoms with van der Waals surface area (Å²) in [5, 5.41) is 29.2. The molecule has 2 aromatic heterocycles. The fourth-order valence-electron chi connectivity index (χ4n) is 4.90. The molecule has 10 heteroatoms. The van der Waals surface area contributed by atoms with Gasteiger partial charge in [-0.15, -0.1) is 17.9 Å². The molecule has 42 heavy (non-hydrogen) atoms. The van der Waals surface area contributed by atoms with Gasteiger partial charge in [0.1, 0.15) is 12.1 Å². The number of terminal acetylenes is 1. The Balaban J connectivity index is 1.47. The number of rotatable bonds is 9. The molecule has 0 bridgehead atoms. The number of aromatic nitrogens is 2. The summed E-state index contributed by atoms with van der Waals surface area (Å²) >= 11 is 0. The van der Waals surface area contributed by atoms with Gasteiger partial charge < -0.3 is 16.1 Å². The zero-order valence-electron chi connectivity index (χ0n) is 23.4. The highest BCUT2D eigenvalue weighted by Gasteiger charge is 2.32. The van der Waals surface area contributed by atoms with E-state index in [0.29, 0.717) is 46.0 Å². The van der Waals surface area contributed by atoms with Crippen LogP contribution >= 0.6 is 0 Å². The minimum absolute atomic E-state index is 0.242. The molecular formula is C32H26FN9. The van der Waals surface area contributed by atoms with Crippen LogP contribution in [0, 0.1) is 41.0 Å². The number of anilines is 2. The number of pyridine rings is 2. The van der Waals surface area contributed by atoms with Gasteiger partial charge in [0.05, 0.1) is 41.5 Å². The fourth-order valence-corrected chi connectivity index (χ4v) is 4.90. The highest BCUT2D eigenvalue weighted by molar-refractivity contribution is 5.99. The number of hydrogen-bond donors (Lipinski definition) is 4. The van der Waals surface area contributed by atoms with E-state index < -0.39 is 12.0 Å². The van der Waals surface area contributed by atoms with Gasteiger partial charge in [-0.25, -0.2) is 4.98 Å². The maximum Gasteiger partial charge on any atom is 0.212 e. The molecule has 1 aliphatic carbocycles. The van der Waals surface area contributed by atoms with Gasteiger partial charge in [0.15, 0.2) is 0 Å². The van der Waals surface area contributed by atoms with Crippen LogP contribution < -0.4 is 21.6 Å². The average Bonchev–Trinajstić information content (AvgIpc) is 3.76. The topological polar surface area (TPSA) is 125 Å². The van der Waals surface area contributed by atoms with Gasteiger partial charge in [-0.3, -0.25) is 9.99 Å². The largest absolute Gasteiger partial charge is 0.376 e. The zero-order chi connectivity index (χ0) is 30.0. The standard InChI is InChI=1S/C32H26FN9/c1-2-6-27(20-7-4-3-5-8-20)39-31-23(16-35)18-37-30-22(15-34)13-24(14-26(30)31)38-32(21-9-12-29(33)36-17-21)28-19-42(41-40-28)25-10-11-25/h1,3-5,7-9,12-14,17-19,25,27,32,38,40-41H,6,10-11H2,(H,37,39)/t27-,32-/m1/s1/i32D. The molecule has 1 fully saturated rings. The maximum atomic E-state index is 13.8. The number of fused-ring (bicyclic) bond motifs is 1. The first kappa shape index (κ1) is 25.3. The molecule has 206 valence electrons. The van der Waals surface area contributed by atoms with Gasteiger partial charge in [0.2, 0.25) is 5.95 Å². The minimum Gasteiger partial charge on any atom is -0.376 e. The van der Waals surface area contributed by atoms with Gasteiger partial charge in [-0.1, -0.05) is 36.4 Å².